The SMILES string of the molecule is O=C(N(CC12CCC(c3nc(C4CC4)no3)(CC1)CC2)c1cccc(-c2cnc(C3CCOCC3)o2)c1)C12CC(F)C(C1)C2. The van der Waals surface area contributed by atoms with Crippen molar-refractivity contribution in [2.75, 3.05) is 24.7 Å². The van der Waals surface area contributed by atoms with Crippen LogP contribution in [-0.4, -0.2) is 47.0 Å². The monoisotopic (exact) mass is 600 g/mol. The number of halogens is 1. The second-order valence-electron chi connectivity index (χ2n) is 15.1. The summed E-state index contributed by atoms with van der Waals surface area (Å²) >= 11 is 0. The number of carbonyl (C=O) groups excluding carboxylic acids is 1. The van der Waals surface area contributed by atoms with Crippen LogP contribution in [0.2, 0.25) is 0 Å². The van der Waals surface area contributed by atoms with E-state index in [0.29, 0.717) is 31.7 Å². The fraction of sp³-hybridized carbons (Fsp3) is 0.657. The quantitative estimate of drug-likeness (QED) is 0.269. The molecular weight excluding hydrogens is 559 g/mol. The minimum atomic E-state index is -0.858. The number of carbonyl (C=O) groups is 1. The predicted molar refractivity (Wildman–Crippen MR) is 160 cm³/mol. The number of anilines is 1. The predicted octanol–water partition coefficient (Wildman–Crippen LogP) is 7.26. The molecule has 44 heavy (non-hydrogen) atoms. The Labute approximate surface area is 257 Å². The summed E-state index contributed by atoms with van der Waals surface area (Å²) < 4.78 is 32.4. The van der Waals surface area contributed by atoms with E-state index in [-0.39, 0.29) is 28.6 Å². The Morgan fingerprint density at radius 3 is 2.45 bits per heavy atom. The standard InChI is InChI=1S/C35H41FN4O4/c36-27-19-35(17-25(27)18-35)32(41)40(26-3-1-2-24(16-26)28-20-37-30(43-28)23-6-14-42-15-7-23)21-33-8-11-34(12-9-33,13-10-33)31-38-29(39-44-31)22-4-5-22/h1-3,16,20,22-23,25,27H,4-15,17-19,21H2. The van der Waals surface area contributed by atoms with Gasteiger partial charge in [0.15, 0.2) is 17.5 Å². The molecule has 1 saturated heterocycles. The van der Waals surface area contributed by atoms with Crippen LogP contribution in [0.5, 0.6) is 0 Å². The third-order valence-corrected chi connectivity index (χ3v) is 12.4. The van der Waals surface area contributed by atoms with Gasteiger partial charge < -0.3 is 18.6 Å². The van der Waals surface area contributed by atoms with Gasteiger partial charge in [0.25, 0.3) is 0 Å². The van der Waals surface area contributed by atoms with Crippen LogP contribution < -0.4 is 4.90 Å². The number of hydrogen-bond acceptors (Lipinski definition) is 7. The molecule has 11 rings (SSSR count). The first-order chi connectivity index (χ1) is 21.4. The highest BCUT2D eigenvalue weighted by atomic mass is 19.1. The Morgan fingerprint density at radius 1 is 0.977 bits per heavy atom. The number of amides is 1. The van der Waals surface area contributed by atoms with Crippen LogP contribution in [0, 0.1) is 16.7 Å². The molecule has 1 amide bonds. The zero-order chi connectivity index (χ0) is 29.5. The lowest BCUT2D eigenvalue weighted by atomic mass is 9.53. The van der Waals surface area contributed by atoms with Crippen molar-refractivity contribution in [3.05, 3.63) is 48.1 Å². The van der Waals surface area contributed by atoms with E-state index in [1.165, 1.54) is 12.8 Å². The summed E-state index contributed by atoms with van der Waals surface area (Å²) in [5.74, 6) is 4.12. The number of ether oxygens (including phenoxy) is 1. The van der Waals surface area contributed by atoms with Crippen LogP contribution in [-0.2, 0) is 14.9 Å². The van der Waals surface area contributed by atoms with Crippen molar-refractivity contribution in [2.24, 2.45) is 16.7 Å². The van der Waals surface area contributed by atoms with E-state index in [0.717, 1.165) is 99.2 Å². The number of aromatic nitrogens is 3. The molecule has 8 aliphatic rings. The van der Waals surface area contributed by atoms with Crippen LogP contribution in [0.25, 0.3) is 11.3 Å². The lowest BCUT2D eigenvalue weighted by Gasteiger charge is -2.54. The molecule has 8 nitrogen and oxygen atoms in total. The van der Waals surface area contributed by atoms with E-state index in [4.69, 9.17) is 18.7 Å². The van der Waals surface area contributed by atoms with E-state index in [1.807, 2.05) is 29.3 Å². The fourth-order valence-corrected chi connectivity index (χ4v) is 9.23. The van der Waals surface area contributed by atoms with Gasteiger partial charge in [-0.25, -0.2) is 9.37 Å². The normalized spacial score (nSPS) is 34.7. The minimum Gasteiger partial charge on any atom is -0.440 e. The van der Waals surface area contributed by atoms with Crippen LogP contribution in [0.3, 0.4) is 0 Å². The second-order valence-corrected chi connectivity index (χ2v) is 15.1. The molecule has 1 unspecified atom stereocenters. The van der Waals surface area contributed by atoms with Gasteiger partial charge in [-0.2, -0.15) is 4.98 Å². The van der Waals surface area contributed by atoms with Gasteiger partial charge in [0.1, 0.15) is 6.17 Å². The Morgan fingerprint density at radius 2 is 1.75 bits per heavy atom. The molecule has 1 aromatic carbocycles. The minimum absolute atomic E-state index is 0.0299. The molecule has 9 heteroatoms. The molecule has 4 bridgehead atoms. The Hall–Kier alpha value is -3.07. The maximum Gasteiger partial charge on any atom is 0.233 e. The number of alkyl halides is 1. The van der Waals surface area contributed by atoms with Gasteiger partial charge in [0, 0.05) is 48.3 Å². The zero-order valence-electron chi connectivity index (χ0n) is 25.3. The Kier molecular flexibility index (Phi) is 6.17. The number of nitrogens with zero attached hydrogens (tertiary/aromatic N) is 4. The number of fused-ring (bicyclic) bond motifs is 4. The summed E-state index contributed by atoms with van der Waals surface area (Å²) in [5.41, 5.74) is 1.23. The Bertz CT molecular complexity index is 1540. The lowest BCUT2D eigenvalue weighted by Crippen LogP contribution is -2.54. The van der Waals surface area contributed by atoms with Crippen molar-refractivity contribution in [3.63, 3.8) is 0 Å². The summed E-state index contributed by atoms with van der Waals surface area (Å²) in [6.45, 7) is 2.13. The summed E-state index contributed by atoms with van der Waals surface area (Å²) in [5, 5.41) is 4.33. The third kappa shape index (κ3) is 4.39. The highest BCUT2D eigenvalue weighted by Crippen LogP contribution is 2.62. The van der Waals surface area contributed by atoms with Crippen molar-refractivity contribution >= 4 is 11.6 Å². The van der Waals surface area contributed by atoms with E-state index in [2.05, 4.69) is 16.2 Å². The van der Waals surface area contributed by atoms with Crippen molar-refractivity contribution in [3.8, 4) is 11.3 Å². The average molecular weight is 601 g/mol. The summed E-state index contributed by atoms with van der Waals surface area (Å²) in [4.78, 5) is 26.0. The van der Waals surface area contributed by atoms with E-state index >= 15 is 0 Å². The van der Waals surface area contributed by atoms with E-state index < -0.39 is 11.6 Å². The lowest BCUT2D eigenvalue weighted by molar-refractivity contribution is -0.132. The topological polar surface area (TPSA) is 94.5 Å². The first-order valence-corrected chi connectivity index (χ1v) is 16.9. The van der Waals surface area contributed by atoms with Crippen LogP contribution >= 0.6 is 0 Å². The van der Waals surface area contributed by atoms with Gasteiger partial charge in [-0.1, -0.05) is 17.3 Å². The van der Waals surface area contributed by atoms with E-state index in [1.54, 1.807) is 0 Å². The van der Waals surface area contributed by atoms with Gasteiger partial charge >= 0.3 is 0 Å². The Balaban J connectivity index is 0.991. The number of benzene rings is 1. The molecule has 7 aliphatic carbocycles. The highest BCUT2D eigenvalue weighted by Gasteiger charge is 2.62. The molecule has 2 aromatic heterocycles. The third-order valence-electron chi connectivity index (χ3n) is 12.4. The maximum atomic E-state index is 14.7. The van der Waals surface area contributed by atoms with Crippen LogP contribution in [0.1, 0.15) is 113 Å². The van der Waals surface area contributed by atoms with Gasteiger partial charge in [0.2, 0.25) is 11.8 Å². The summed E-state index contributed by atoms with van der Waals surface area (Å²) in [6.07, 6.45) is 12.9. The summed E-state index contributed by atoms with van der Waals surface area (Å²) in [7, 11) is 0. The fourth-order valence-electron chi connectivity index (χ4n) is 9.23. The molecule has 3 heterocycles. The second kappa shape index (κ2) is 9.96. The highest BCUT2D eigenvalue weighted by molar-refractivity contribution is 5.99. The van der Waals surface area contributed by atoms with Crippen LogP contribution in [0.15, 0.2) is 39.4 Å². The molecule has 232 valence electrons. The number of rotatable bonds is 8. The molecule has 8 fully saturated rings. The largest absolute Gasteiger partial charge is 0.440 e. The van der Waals surface area contributed by atoms with E-state index in [9.17, 15) is 9.18 Å². The van der Waals surface area contributed by atoms with Crippen molar-refractivity contribution in [1.82, 2.24) is 15.1 Å². The molecule has 1 atom stereocenters. The molecular formula is C35H41FN4O4. The first kappa shape index (κ1) is 27.3. The van der Waals surface area contributed by atoms with Crippen molar-refractivity contribution in [2.45, 2.75) is 107 Å². The van der Waals surface area contributed by atoms with Crippen molar-refractivity contribution in [1.29, 1.82) is 0 Å². The van der Waals surface area contributed by atoms with Gasteiger partial charge in [-0.15, -0.1) is 0 Å². The molecule has 7 saturated carbocycles. The van der Waals surface area contributed by atoms with Crippen molar-refractivity contribution < 1.29 is 22.9 Å². The maximum absolute atomic E-state index is 14.7. The summed E-state index contributed by atoms with van der Waals surface area (Å²) in [6, 6.07) is 8.15. The van der Waals surface area contributed by atoms with Gasteiger partial charge in [-0.3, -0.25) is 4.79 Å². The number of hydrogen-bond donors (Lipinski definition) is 0. The molecule has 0 radical (unpaired) electrons. The molecule has 0 spiro atoms. The zero-order valence-corrected chi connectivity index (χ0v) is 25.3. The molecule has 1 aliphatic heterocycles. The first-order valence-electron chi connectivity index (χ1n) is 16.9. The van der Waals surface area contributed by atoms with Crippen LogP contribution in [0.4, 0.5) is 10.1 Å². The molecule has 3 aromatic rings. The van der Waals surface area contributed by atoms with Gasteiger partial charge in [-0.05, 0) is 107 Å². The smallest absolute Gasteiger partial charge is 0.233 e. The van der Waals surface area contributed by atoms with Gasteiger partial charge in [0.05, 0.1) is 11.6 Å². The average Bonchev–Trinajstić information content (AvgIpc) is 3.39. The number of oxazole rings is 1. The molecule has 0 N–H and O–H groups in total.